The maximum atomic E-state index is 12.7. The monoisotopic (exact) mass is 350 g/mol. The molecule has 2 aliphatic heterocycles. The fraction of sp³-hybridized carbons (Fsp3) is 0.824. The Morgan fingerprint density at radius 2 is 2.04 bits per heavy atom. The van der Waals surface area contributed by atoms with Crippen LogP contribution in [0.5, 0.6) is 0 Å². The zero-order valence-electron chi connectivity index (χ0n) is 14.2. The van der Waals surface area contributed by atoms with Crippen LogP contribution in [0.2, 0.25) is 0 Å². The largest absolute Gasteiger partial charge is 0.383 e. The van der Waals surface area contributed by atoms with Crippen molar-refractivity contribution in [2.24, 2.45) is 5.92 Å². The third-order valence-corrected chi connectivity index (χ3v) is 6.73. The molecule has 132 valence electrons. The number of aliphatic hydroxyl groups is 1. The summed E-state index contributed by atoms with van der Waals surface area (Å²) < 4.78 is 0. The number of likely N-dealkylation sites (tertiary alicyclic amines) is 1. The average molecular weight is 350 g/mol. The number of aliphatic hydroxyl groups excluding tert-OH is 1. The molecule has 24 heavy (non-hydrogen) atoms. The van der Waals surface area contributed by atoms with Crippen LogP contribution in [0.4, 0.5) is 5.13 Å². The fourth-order valence-corrected chi connectivity index (χ4v) is 5.37. The van der Waals surface area contributed by atoms with E-state index in [9.17, 15) is 9.90 Å². The molecular formula is C17H26N4O2S. The number of amides is 1. The van der Waals surface area contributed by atoms with Crippen molar-refractivity contribution in [1.82, 2.24) is 15.1 Å². The first kappa shape index (κ1) is 16.3. The van der Waals surface area contributed by atoms with Gasteiger partial charge in [-0.15, -0.1) is 10.2 Å². The smallest absolute Gasteiger partial charge is 0.251 e. The van der Waals surface area contributed by atoms with Crippen molar-refractivity contribution >= 4 is 22.4 Å². The summed E-state index contributed by atoms with van der Waals surface area (Å²) in [4.78, 5) is 16.9. The zero-order valence-corrected chi connectivity index (χ0v) is 15.0. The Bertz CT molecular complexity index is 601. The summed E-state index contributed by atoms with van der Waals surface area (Å²) in [5.74, 6) is 0.472. The van der Waals surface area contributed by atoms with E-state index in [1.807, 2.05) is 11.8 Å². The summed E-state index contributed by atoms with van der Waals surface area (Å²) in [7, 11) is 0. The maximum Gasteiger partial charge on any atom is 0.251 e. The van der Waals surface area contributed by atoms with Gasteiger partial charge < -0.3 is 14.9 Å². The molecule has 7 heteroatoms. The topological polar surface area (TPSA) is 69.6 Å². The molecule has 4 rings (SSSR count). The normalized spacial score (nSPS) is 28.6. The Balaban J connectivity index is 1.34. The van der Waals surface area contributed by atoms with E-state index in [1.165, 1.54) is 32.1 Å². The number of hydrogen-bond donors (Lipinski definition) is 1. The van der Waals surface area contributed by atoms with Crippen molar-refractivity contribution in [1.29, 1.82) is 0 Å². The standard InChI is InChI=1S/C17H26N4O2S/c1-11-18-19-17(24-11)21-10-13-8-14(21)9-20(13)16(23)15(22)7-12-5-3-2-4-6-12/h12-15,22H,2-10H2,1H3/t13-,14-,15?/m0/s1. The van der Waals surface area contributed by atoms with Crippen molar-refractivity contribution in [3.05, 3.63) is 5.01 Å². The van der Waals surface area contributed by atoms with Gasteiger partial charge in [-0.25, -0.2) is 0 Å². The third-order valence-electron chi connectivity index (χ3n) is 5.85. The molecule has 1 unspecified atom stereocenters. The number of carbonyl (C=O) groups is 1. The highest BCUT2D eigenvalue weighted by atomic mass is 32.1. The molecule has 3 atom stereocenters. The van der Waals surface area contributed by atoms with E-state index in [0.717, 1.165) is 23.1 Å². The first-order valence-electron chi connectivity index (χ1n) is 9.17. The lowest BCUT2D eigenvalue weighted by atomic mass is 9.85. The molecule has 1 saturated carbocycles. The van der Waals surface area contributed by atoms with Gasteiger partial charge in [0.25, 0.3) is 5.91 Å². The van der Waals surface area contributed by atoms with Crippen LogP contribution < -0.4 is 4.90 Å². The van der Waals surface area contributed by atoms with Crippen molar-refractivity contribution in [2.45, 2.75) is 70.1 Å². The molecule has 0 spiro atoms. The van der Waals surface area contributed by atoms with Crippen LogP contribution in [-0.4, -0.2) is 57.4 Å². The Morgan fingerprint density at radius 1 is 1.25 bits per heavy atom. The van der Waals surface area contributed by atoms with Gasteiger partial charge in [-0.2, -0.15) is 0 Å². The molecule has 0 radical (unpaired) electrons. The van der Waals surface area contributed by atoms with Gasteiger partial charge in [-0.3, -0.25) is 4.79 Å². The number of piperazine rings is 1. The SMILES string of the molecule is Cc1nnc(N2C[C@@H]3C[C@H]2CN3C(=O)C(O)CC2CCCCC2)s1. The van der Waals surface area contributed by atoms with Crippen molar-refractivity contribution in [3.8, 4) is 0 Å². The Hall–Kier alpha value is -1.21. The number of fused-ring (bicyclic) bond motifs is 2. The fourth-order valence-electron chi connectivity index (χ4n) is 4.60. The van der Waals surface area contributed by atoms with Crippen LogP contribution in [0.15, 0.2) is 0 Å². The molecule has 1 N–H and O–H groups in total. The molecule has 1 aromatic heterocycles. The summed E-state index contributed by atoms with van der Waals surface area (Å²) in [5, 5.41) is 20.7. The van der Waals surface area contributed by atoms with Gasteiger partial charge in [0.2, 0.25) is 5.13 Å². The minimum absolute atomic E-state index is 0.0545. The van der Waals surface area contributed by atoms with Crippen LogP contribution in [0.25, 0.3) is 0 Å². The first-order chi connectivity index (χ1) is 11.6. The van der Waals surface area contributed by atoms with Crippen LogP contribution in [0.3, 0.4) is 0 Å². The molecule has 2 bridgehead atoms. The Labute approximate surface area is 146 Å². The van der Waals surface area contributed by atoms with Crippen molar-refractivity contribution in [2.75, 3.05) is 18.0 Å². The molecule has 3 fully saturated rings. The predicted octanol–water partition coefficient (Wildman–Crippen LogP) is 1.97. The first-order valence-corrected chi connectivity index (χ1v) is 9.99. The molecule has 1 aliphatic carbocycles. The molecule has 1 amide bonds. The van der Waals surface area contributed by atoms with Crippen LogP contribution in [-0.2, 0) is 4.79 Å². The Morgan fingerprint density at radius 3 is 2.67 bits per heavy atom. The van der Waals surface area contributed by atoms with Gasteiger partial charge in [0.05, 0.1) is 12.1 Å². The highest BCUT2D eigenvalue weighted by Crippen LogP contribution is 2.36. The summed E-state index contributed by atoms with van der Waals surface area (Å²) >= 11 is 1.61. The lowest BCUT2D eigenvalue weighted by Crippen LogP contribution is -2.51. The number of aromatic nitrogens is 2. The van der Waals surface area contributed by atoms with E-state index in [2.05, 4.69) is 15.1 Å². The Kier molecular flexibility index (Phi) is 4.47. The minimum atomic E-state index is -0.815. The van der Waals surface area contributed by atoms with Crippen LogP contribution in [0, 0.1) is 12.8 Å². The third kappa shape index (κ3) is 3.04. The van der Waals surface area contributed by atoms with Gasteiger partial charge >= 0.3 is 0 Å². The molecule has 6 nitrogen and oxygen atoms in total. The quantitative estimate of drug-likeness (QED) is 0.899. The second kappa shape index (κ2) is 6.59. The molecule has 3 aliphatic rings. The molecule has 3 heterocycles. The van der Waals surface area contributed by atoms with E-state index >= 15 is 0 Å². The summed E-state index contributed by atoms with van der Waals surface area (Å²) in [6, 6.07) is 0.542. The van der Waals surface area contributed by atoms with E-state index in [-0.39, 0.29) is 11.9 Å². The second-order valence-electron chi connectivity index (χ2n) is 7.55. The molecular weight excluding hydrogens is 324 g/mol. The summed E-state index contributed by atoms with van der Waals surface area (Å²) in [6.45, 7) is 3.50. The number of nitrogens with zero attached hydrogens (tertiary/aromatic N) is 4. The number of anilines is 1. The van der Waals surface area contributed by atoms with Crippen LogP contribution in [0.1, 0.15) is 50.0 Å². The lowest BCUT2D eigenvalue weighted by Gasteiger charge is -2.35. The maximum absolute atomic E-state index is 12.7. The van der Waals surface area contributed by atoms with E-state index in [4.69, 9.17) is 0 Å². The van der Waals surface area contributed by atoms with Gasteiger partial charge in [0.15, 0.2) is 0 Å². The van der Waals surface area contributed by atoms with E-state index in [0.29, 0.717) is 24.9 Å². The molecule has 2 saturated heterocycles. The van der Waals surface area contributed by atoms with Gasteiger partial charge in [-0.1, -0.05) is 43.4 Å². The van der Waals surface area contributed by atoms with Gasteiger partial charge in [-0.05, 0) is 25.7 Å². The number of hydrogen-bond acceptors (Lipinski definition) is 6. The highest BCUT2D eigenvalue weighted by Gasteiger charge is 2.47. The van der Waals surface area contributed by atoms with E-state index < -0.39 is 6.10 Å². The minimum Gasteiger partial charge on any atom is -0.383 e. The summed E-state index contributed by atoms with van der Waals surface area (Å²) in [6.07, 6.45) is 6.95. The summed E-state index contributed by atoms with van der Waals surface area (Å²) in [5.41, 5.74) is 0. The predicted molar refractivity (Wildman–Crippen MR) is 93.1 cm³/mol. The van der Waals surface area contributed by atoms with E-state index in [1.54, 1.807) is 11.3 Å². The second-order valence-corrected chi connectivity index (χ2v) is 8.71. The number of carbonyl (C=O) groups excluding carboxylic acids is 1. The number of rotatable bonds is 4. The highest BCUT2D eigenvalue weighted by molar-refractivity contribution is 7.15. The zero-order chi connectivity index (χ0) is 16.7. The van der Waals surface area contributed by atoms with Gasteiger partial charge in [0.1, 0.15) is 11.1 Å². The van der Waals surface area contributed by atoms with Crippen molar-refractivity contribution in [3.63, 3.8) is 0 Å². The molecule has 1 aromatic rings. The van der Waals surface area contributed by atoms with Crippen LogP contribution >= 0.6 is 11.3 Å². The lowest BCUT2D eigenvalue weighted by molar-refractivity contribution is -0.142. The average Bonchev–Trinajstić information content (AvgIpc) is 3.29. The van der Waals surface area contributed by atoms with Crippen molar-refractivity contribution < 1.29 is 9.90 Å². The molecule has 0 aromatic carbocycles. The van der Waals surface area contributed by atoms with Gasteiger partial charge in [0, 0.05) is 13.1 Å². The number of aryl methyl sites for hydroxylation is 1.